The van der Waals surface area contributed by atoms with Crippen LogP contribution in [0.2, 0.25) is 5.02 Å². The lowest BCUT2D eigenvalue weighted by Gasteiger charge is -2.32. The van der Waals surface area contributed by atoms with Gasteiger partial charge in [0.2, 0.25) is 5.91 Å². The van der Waals surface area contributed by atoms with E-state index in [1.165, 1.54) is 6.07 Å². The lowest BCUT2D eigenvalue weighted by atomic mass is 9.91. The van der Waals surface area contributed by atoms with Crippen molar-refractivity contribution in [2.75, 3.05) is 23.4 Å². The van der Waals surface area contributed by atoms with E-state index in [9.17, 15) is 24.6 Å². The zero-order valence-corrected chi connectivity index (χ0v) is 25.2. The van der Waals surface area contributed by atoms with Crippen molar-refractivity contribution in [2.45, 2.75) is 46.3 Å². The number of carbonyl (C=O) groups excluding carboxylic acids is 2. The predicted molar refractivity (Wildman–Crippen MR) is 166 cm³/mol. The number of aliphatic hydroxyl groups is 1. The molecule has 0 radical (unpaired) electrons. The Bertz CT molecular complexity index is 1730. The van der Waals surface area contributed by atoms with E-state index in [0.717, 1.165) is 16.7 Å². The second-order valence-electron chi connectivity index (χ2n) is 11.8. The Morgan fingerprint density at radius 1 is 1.07 bits per heavy atom. The van der Waals surface area contributed by atoms with Crippen LogP contribution in [0.5, 0.6) is 0 Å². The molecule has 1 aliphatic heterocycles. The van der Waals surface area contributed by atoms with Crippen molar-refractivity contribution in [3.8, 4) is 0 Å². The topological polar surface area (TPSA) is 132 Å². The fourth-order valence-corrected chi connectivity index (χ4v) is 5.57. The molecule has 2 atom stereocenters. The molecule has 2 amide bonds. The molecule has 0 spiro atoms. The Labute approximate surface area is 254 Å². The number of anilines is 2. The summed E-state index contributed by atoms with van der Waals surface area (Å²) >= 11 is 6.48. The molecule has 10 heteroatoms. The van der Waals surface area contributed by atoms with E-state index in [0.29, 0.717) is 32.9 Å². The van der Waals surface area contributed by atoms with Gasteiger partial charge < -0.3 is 30.2 Å². The number of aryl methyl sites for hydroxylation is 1. The standard InChI is InChI=1S/C33H34ClN3O6/c1-18-7-5-9-22(19(18)2)30-23-14-21(34)11-12-26(23)37(16-33(3,4)17-38)31(40)27(43-30)15-28(39)35-24-10-6-8-20-13-25(32(41)42)36-29(20)24/h5-14,27,30,36,38H,15-17H2,1-4H3,(H,35,39)(H,41,42)/t27-,30-/m1/s1. The third-order valence-electron chi connectivity index (χ3n) is 7.88. The van der Waals surface area contributed by atoms with E-state index in [1.54, 1.807) is 41.3 Å². The van der Waals surface area contributed by atoms with E-state index in [2.05, 4.69) is 10.3 Å². The minimum absolute atomic E-state index is 0.00564. The number of halogens is 1. The Kier molecular flexibility index (Phi) is 8.34. The van der Waals surface area contributed by atoms with Crippen LogP contribution < -0.4 is 10.2 Å². The van der Waals surface area contributed by atoms with Crippen LogP contribution in [0.25, 0.3) is 10.9 Å². The Morgan fingerprint density at radius 3 is 2.53 bits per heavy atom. The fourth-order valence-electron chi connectivity index (χ4n) is 5.39. The number of aromatic nitrogens is 1. The summed E-state index contributed by atoms with van der Waals surface area (Å²) in [6, 6.07) is 17.7. The first-order valence-corrected chi connectivity index (χ1v) is 14.3. The third kappa shape index (κ3) is 6.15. The van der Waals surface area contributed by atoms with E-state index >= 15 is 0 Å². The molecule has 0 unspecified atom stereocenters. The number of amides is 2. The number of nitrogens with zero attached hydrogens (tertiary/aromatic N) is 1. The van der Waals surface area contributed by atoms with E-state index in [-0.39, 0.29) is 25.3 Å². The number of H-pyrrole nitrogens is 1. The summed E-state index contributed by atoms with van der Waals surface area (Å²) in [6.07, 6.45) is -2.19. The van der Waals surface area contributed by atoms with Gasteiger partial charge in [0.15, 0.2) is 0 Å². The number of aromatic amines is 1. The molecule has 0 aliphatic carbocycles. The van der Waals surface area contributed by atoms with Gasteiger partial charge in [-0.05, 0) is 60.9 Å². The maximum Gasteiger partial charge on any atom is 0.352 e. The largest absolute Gasteiger partial charge is 0.477 e. The molecule has 5 rings (SSSR count). The molecule has 2 heterocycles. The summed E-state index contributed by atoms with van der Waals surface area (Å²) in [4.78, 5) is 43.6. The molecule has 0 fully saturated rings. The van der Waals surface area contributed by atoms with Crippen LogP contribution in [0, 0.1) is 19.3 Å². The van der Waals surface area contributed by atoms with Crippen molar-refractivity contribution < 1.29 is 29.3 Å². The summed E-state index contributed by atoms with van der Waals surface area (Å²) in [6.45, 7) is 7.71. The first kappa shape index (κ1) is 30.3. The van der Waals surface area contributed by atoms with E-state index < -0.39 is 35.4 Å². The SMILES string of the molecule is Cc1cccc([C@H]2O[C@H](CC(=O)Nc3cccc4cc(C(=O)O)[nH]c34)C(=O)N(CC(C)(C)CO)c3ccc(Cl)cc32)c1C. The molecule has 4 N–H and O–H groups in total. The minimum Gasteiger partial charge on any atom is -0.477 e. The van der Waals surface area contributed by atoms with Crippen molar-refractivity contribution in [1.82, 2.24) is 4.98 Å². The van der Waals surface area contributed by atoms with Gasteiger partial charge in [-0.1, -0.05) is 55.8 Å². The molecular formula is C33H34ClN3O6. The number of carboxylic acids is 1. The van der Waals surface area contributed by atoms with Crippen molar-refractivity contribution in [3.63, 3.8) is 0 Å². The number of benzene rings is 3. The number of hydrogen-bond acceptors (Lipinski definition) is 5. The van der Waals surface area contributed by atoms with Crippen LogP contribution >= 0.6 is 11.6 Å². The molecule has 43 heavy (non-hydrogen) atoms. The summed E-state index contributed by atoms with van der Waals surface area (Å²) in [5, 5.41) is 23.4. The molecule has 1 aliphatic rings. The van der Waals surface area contributed by atoms with Crippen LogP contribution in [0.1, 0.15) is 59.1 Å². The van der Waals surface area contributed by atoms with E-state index in [1.807, 2.05) is 45.9 Å². The van der Waals surface area contributed by atoms with Gasteiger partial charge in [0.05, 0.1) is 17.6 Å². The van der Waals surface area contributed by atoms with Gasteiger partial charge in [0.25, 0.3) is 5.91 Å². The number of ether oxygens (including phenoxy) is 1. The summed E-state index contributed by atoms with van der Waals surface area (Å²) in [7, 11) is 0. The van der Waals surface area contributed by atoms with Gasteiger partial charge in [0, 0.05) is 40.2 Å². The van der Waals surface area contributed by atoms with Crippen LogP contribution in [0.3, 0.4) is 0 Å². The Morgan fingerprint density at radius 2 is 1.81 bits per heavy atom. The highest BCUT2D eigenvalue weighted by Gasteiger charge is 2.40. The monoisotopic (exact) mass is 603 g/mol. The lowest BCUT2D eigenvalue weighted by molar-refractivity contribution is -0.136. The zero-order chi connectivity index (χ0) is 31.1. The summed E-state index contributed by atoms with van der Waals surface area (Å²) in [5.41, 5.74) is 4.36. The fraction of sp³-hybridized carbons (Fsp3) is 0.303. The summed E-state index contributed by atoms with van der Waals surface area (Å²) in [5.74, 6) is -2.02. The lowest BCUT2D eigenvalue weighted by Crippen LogP contribution is -2.46. The normalized spacial score (nSPS) is 17.1. The van der Waals surface area contributed by atoms with Crippen molar-refractivity contribution in [2.24, 2.45) is 5.41 Å². The van der Waals surface area contributed by atoms with Gasteiger partial charge >= 0.3 is 5.97 Å². The molecule has 1 aromatic heterocycles. The highest BCUT2D eigenvalue weighted by molar-refractivity contribution is 6.30. The minimum atomic E-state index is -1.18. The number of carbonyl (C=O) groups is 3. The van der Waals surface area contributed by atoms with Gasteiger partial charge in [-0.15, -0.1) is 0 Å². The van der Waals surface area contributed by atoms with Gasteiger partial charge in [-0.3, -0.25) is 9.59 Å². The molecule has 4 aromatic rings. The Balaban J connectivity index is 1.55. The second-order valence-corrected chi connectivity index (χ2v) is 12.2. The molecule has 224 valence electrons. The Hall–Kier alpha value is -4.18. The zero-order valence-electron chi connectivity index (χ0n) is 24.4. The second kappa shape index (κ2) is 11.8. The molecule has 0 saturated carbocycles. The number of aromatic carboxylic acids is 1. The maximum absolute atomic E-state index is 14.2. The third-order valence-corrected chi connectivity index (χ3v) is 8.11. The first-order chi connectivity index (χ1) is 20.4. The first-order valence-electron chi connectivity index (χ1n) is 14.0. The molecular weight excluding hydrogens is 570 g/mol. The van der Waals surface area contributed by atoms with Crippen molar-refractivity contribution >= 4 is 51.7 Å². The smallest absolute Gasteiger partial charge is 0.352 e. The molecule has 0 bridgehead atoms. The van der Waals surface area contributed by atoms with E-state index in [4.69, 9.17) is 16.3 Å². The van der Waals surface area contributed by atoms with Gasteiger partial charge in [-0.2, -0.15) is 0 Å². The van der Waals surface area contributed by atoms with Crippen LogP contribution in [0.4, 0.5) is 11.4 Å². The van der Waals surface area contributed by atoms with Crippen LogP contribution in [0.15, 0.2) is 60.7 Å². The summed E-state index contributed by atoms with van der Waals surface area (Å²) < 4.78 is 6.58. The number of nitrogens with one attached hydrogen (secondary N) is 2. The van der Waals surface area contributed by atoms with Crippen LogP contribution in [-0.2, 0) is 14.3 Å². The van der Waals surface area contributed by atoms with Gasteiger partial charge in [0.1, 0.15) is 17.9 Å². The molecule has 9 nitrogen and oxygen atoms in total. The van der Waals surface area contributed by atoms with Gasteiger partial charge in [-0.25, -0.2) is 4.79 Å². The van der Waals surface area contributed by atoms with Crippen molar-refractivity contribution in [3.05, 3.63) is 93.6 Å². The quantitative estimate of drug-likeness (QED) is 0.195. The maximum atomic E-state index is 14.2. The highest BCUT2D eigenvalue weighted by Crippen LogP contribution is 2.42. The van der Waals surface area contributed by atoms with Crippen molar-refractivity contribution in [1.29, 1.82) is 0 Å². The van der Waals surface area contributed by atoms with Crippen LogP contribution in [-0.4, -0.2) is 52.2 Å². The number of carboxylic acid groups (broad SMARTS) is 1. The number of para-hydroxylation sites is 1. The number of fused-ring (bicyclic) bond motifs is 2. The number of rotatable bonds is 8. The molecule has 0 saturated heterocycles. The number of hydrogen-bond donors (Lipinski definition) is 4. The number of aliphatic hydroxyl groups excluding tert-OH is 1. The average molecular weight is 604 g/mol. The predicted octanol–water partition coefficient (Wildman–Crippen LogP) is 6.00. The average Bonchev–Trinajstić information content (AvgIpc) is 3.38. The molecule has 3 aromatic carbocycles. The highest BCUT2D eigenvalue weighted by atomic mass is 35.5.